The van der Waals surface area contributed by atoms with Gasteiger partial charge in [0, 0.05) is 11.4 Å². The number of nitrogens with one attached hydrogen (secondary N) is 1. The Balaban J connectivity index is 2.54. The van der Waals surface area contributed by atoms with Gasteiger partial charge >= 0.3 is 0 Å². The zero-order valence-corrected chi connectivity index (χ0v) is 8.94. The van der Waals surface area contributed by atoms with E-state index in [1.54, 1.807) is 5.51 Å². The Kier molecular flexibility index (Phi) is 3.42. The molecule has 1 amide bonds. The molecule has 0 saturated carbocycles. The molecule has 1 aromatic heterocycles. The van der Waals surface area contributed by atoms with Gasteiger partial charge in [0.05, 0.1) is 5.51 Å². The number of hydrogen-bond acceptors (Lipinski definition) is 3. The number of carbonyl (C=O) groups is 1. The van der Waals surface area contributed by atoms with Gasteiger partial charge in [-0.3, -0.25) is 4.79 Å². The SMILES string of the molecule is Cc1scnc1C(=O)NCC(C)C. The molecule has 4 heteroatoms. The molecule has 0 atom stereocenters. The predicted molar refractivity (Wildman–Crippen MR) is 54.0 cm³/mol. The van der Waals surface area contributed by atoms with Crippen LogP contribution >= 0.6 is 11.3 Å². The van der Waals surface area contributed by atoms with Crippen molar-refractivity contribution in [2.45, 2.75) is 20.8 Å². The van der Waals surface area contributed by atoms with E-state index in [0.717, 1.165) is 4.88 Å². The Morgan fingerprint density at radius 2 is 2.38 bits per heavy atom. The summed E-state index contributed by atoms with van der Waals surface area (Å²) in [5.74, 6) is 0.412. The van der Waals surface area contributed by atoms with Gasteiger partial charge in [-0.05, 0) is 12.8 Å². The van der Waals surface area contributed by atoms with Crippen LogP contribution in [-0.2, 0) is 0 Å². The van der Waals surface area contributed by atoms with Gasteiger partial charge < -0.3 is 5.32 Å². The van der Waals surface area contributed by atoms with Gasteiger partial charge in [-0.15, -0.1) is 11.3 Å². The van der Waals surface area contributed by atoms with Crippen molar-refractivity contribution in [3.8, 4) is 0 Å². The van der Waals surface area contributed by atoms with Gasteiger partial charge in [0.1, 0.15) is 5.69 Å². The second-order valence-corrected chi connectivity index (χ2v) is 4.42. The number of amides is 1. The van der Waals surface area contributed by atoms with Crippen LogP contribution < -0.4 is 5.32 Å². The van der Waals surface area contributed by atoms with E-state index in [-0.39, 0.29) is 5.91 Å². The molecule has 0 bridgehead atoms. The lowest BCUT2D eigenvalue weighted by molar-refractivity contribution is 0.0944. The molecule has 13 heavy (non-hydrogen) atoms. The van der Waals surface area contributed by atoms with E-state index >= 15 is 0 Å². The average molecular weight is 198 g/mol. The van der Waals surface area contributed by atoms with Crippen LogP contribution in [0.25, 0.3) is 0 Å². The first-order valence-electron chi connectivity index (χ1n) is 4.29. The van der Waals surface area contributed by atoms with E-state index in [1.807, 2.05) is 6.92 Å². The summed E-state index contributed by atoms with van der Waals surface area (Å²) in [7, 11) is 0. The number of aryl methyl sites for hydroxylation is 1. The third-order valence-corrected chi connectivity index (χ3v) is 2.39. The average Bonchev–Trinajstić information content (AvgIpc) is 2.47. The molecule has 1 N–H and O–H groups in total. The Morgan fingerprint density at radius 1 is 1.69 bits per heavy atom. The molecule has 0 radical (unpaired) electrons. The molecule has 1 heterocycles. The van der Waals surface area contributed by atoms with Crippen molar-refractivity contribution in [2.24, 2.45) is 5.92 Å². The minimum atomic E-state index is -0.0625. The lowest BCUT2D eigenvalue weighted by atomic mass is 10.2. The summed E-state index contributed by atoms with van der Waals surface area (Å²) in [6, 6.07) is 0. The quantitative estimate of drug-likeness (QED) is 0.805. The standard InChI is InChI=1S/C9H14N2OS/c1-6(2)4-10-9(12)8-7(3)13-5-11-8/h5-6H,4H2,1-3H3,(H,10,12). The molecule has 0 saturated heterocycles. The minimum Gasteiger partial charge on any atom is -0.350 e. The molecule has 0 aromatic carbocycles. The van der Waals surface area contributed by atoms with Gasteiger partial charge in [-0.1, -0.05) is 13.8 Å². The van der Waals surface area contributed by atoms with E-state index in [9.17, 15) is 4.79 Å². The van der Waals surface area contributed by atoms with Crippen LogP contribution in [-0.4, -0.2) is 17.4 Å². The second kappa shape index (κ2) is 4.37. The molecule has 1 aromatic rings. The van der Waals surface area contributed by atoms with Crippen LogP contribution in [0.4, 0.5) is 0 Å². The Morgan fingerprint density at radius 3 is 2.85 bits per heavy atom. The minimum absolute atomic E-state index is 0.0625. The highest BCUT2D eigenvalue weighted by atomic mass is 32.1. The van der Waals surface area contributed by atoms with Crippen molar-refractivity contribution >= 4 is 17.2 Å². The van der Waals surface area contributed by atoms with Crippen LogP contribution in [0.3, 0.4) is 0 Å². The number of aromatic nitrogens is 1. The van der Waals surface area contributed by atoms with Crippen molar-refractivity contribution in [1.29, 1.82) is 0 Å². The Bertz CT molecular complexity index is 294. The van der Waals surface area contributed by atoms with Crippen molar-refractivity contribution < 1.29 is 4.79 Å². The van der Waals surface area contributed by atoms with Crippen LogP contribution in [0.15, 0.2) is 5.51 Å². The highest BCUT2D eigenvalue weighted by Gasteiger charge is 2.11. The summed E-state index contributed by atoms with van der Waals surface area (Å²) in [5, 5.41) is 2.83. The van der Waals surface area contributed by atoms with Crippen LogP contribution in [0, 0.1) is 12.8 Å². The Labute approximate surface area is 82.2 Å². The fourth-order valence-electron chi connectivity index (χ4n) is 0.904. The van der Waals surface area contributed by atoms with Crippen LogP contribution in [0.1, 0.15) is 29.2 Å². The summed E-state index contributed by atoms with van der Waals surface area (Å²) in [6.45, 7) is 6.74. The zero-order valence-electron chi connectivity index (χ0n) is 8.13. The maximum atomic E-state index is 11.5. The van der Waals surface area contributed by atoms with Gasteiger partial charge in [-0.25, -0.2) is 4.98 Å². The van der Waals surface area contributed by atoms with Gasteiger partial charge in [0.15, 0.2) is 0 Å². The van der Waals surface area contributed by atoms with Crippen molar-refractivity contribution in [3.63, 3.8) is 0 Å². The predicted octanol–water partition coefficient (Wildman–Crippen LogP) is 1.84. The lowest BCUT2D eigenvalue weighted by Crippen LogP contribution is -2.27. The summed E-state index contributed by atoms with van der Waals surface area (Å²) in [5.41, 5.74) is 2.25. The number of carbonyl (C=O) groups excluding carboxylic acids is 1. The summed E-state index contributed by atoms with van der Waals surface area (Å²) < 4.78 is 0. The molecular formula is C9H14N2OS. The van der Waals surface area contributed by atoms with Crippen LogP contribution in [0.2, 0.25) is 0 Å². The fourth-order valence-corrected chi connectivity index (χ4v) is 1.48. The third kappa shape index (κ3) is 2.81. The molecular weight excluding hydrogens is 184 g/mol. The monoisotopic (exact) mass is 198 g/mol. The van der Waals surface area contributed by atoms with Gasteiger partial charge in [0.25, 0.3) is 5.91 Å². The first-order chi connectivity index (χ1) is 6.11. The maximum Gasteiger partial charge on any atom is 0.271 e. The first-order valence-corrected chi connectivity index (χ1v) is 5.17. The highest BCUT2D eigenvalue weighted by molar-refractivity contribution is 7.09. The summed E-state index contributed by atoms with van der Waals surface area (Å²) in [6.07, 6.45) is 0. The number of thiazole rings is 1. The summed E-state index contributed by atoms with van der Waals surface area (Å²) in [4.78, 5) is 16.4. The number of hydrogen-bond donors (Lipinski definition) is 1. The van der Waals surface area contributed by atoms with E-state index in [0.29, 0.717) is 18.2 Å². The molecule has 0 fully saturated rings. The molecule has 72 valence electrons. The first kappa shape index (κ1) is 10.2. The molecule has 0 aliphatic rings. The fraction of sp³-hybridized carbons (Fsp3) is 0.556. The third-order valence-electron chi connectivity index (χ3n) is 1.63. The topological polar surface area (TPSA) is 42.0 Å². The second-order valence-electron chi connectivity index (χ2n) is 3.36. The van der Waals surface area contributed by atoms with Crippen LogP contribution in [0.5, 0.6) is 0 Å². The molecule has 1 rings (SSSR count). The summed E-state index contributed by atoms with van der Waals surface area (Å²) >= 11 is 1.50. The number of nitrogens with zero attached hydrogens (tertiary/aromatic N) is 1. The normalized spacial score (nSPS) is 10.5. The van der Waals surface area contributed by atoms with E-state index in [1.165, 1.54) is 11.3 Å². The van der Waals surface area contributed by atoms with E-state index < -0.39 is 0 Å². The smallest absolute Gasteiger partial charge is 0.271 e. The van der Waals surface area contributed by atoms with Gasteiger partial charge in [-0.2, -0.15) is 0 Å². The lowest BCUT2D eigenvalue weighted by Gasteiger charge is -2.05. The largest absolute Gasteiger partial charge is 0.350 e. The Hall–Kier alpha value is -0.900. The molecule has 3 nitrogen and oxygen atoms in total. The molecule has 0 unspecified atom stereocenters. The maximum absolute atomic E-state index is 11.5. The van der Waals surface area contributed by atoms with Gasteiger partial charge in [0.2, 0.25) is 0 Å². The molecule has 0 aliphatic heterocycles. The van der Waals surface area contributed by atoms with Crippen molar-refractivity contribution in [2.75, 3.05) is 6.54 Å². The van der Waals surface area contributed by atoms with Crippen molar-refractivity contribution in [3.05, 3.63) is 16.1 Å². The highest BCUT2D eigenvalue weighted by Crippen LogP contribution is 2.10. The zero-order chi connectivity index (χ0) is 9.84. The van der Waals surface area contributed by atoms with E-state index in [4.69, 9.17) is 0 Å². The molecule has 0 spiro atoms. The van der Waals surface area contributed by atoms with Crippen molar-refractivity contribution in [1.82, 2.24) is 10.3 Å². The number of rotatable bonds is 3. The molecule has 0 aliphatic carbocycles. The van der Waals surface area contributed by atoms with E-state index in [2.05, 4.69) is 24.1 Å².